The fraction of sp³-hybridized carbons (Fsp3) is 0.444. The minimum Gasteiger partial charge on any atom is -0.338 e. The van der Waals surface area contributed by atoms with Gasteiger partial charge in [-0.3, -0.25) is 9.59 Å². The molecule has 2 amide bonds. The first-order valence-corrected chi connectivity index (χ1v) is 8.07. The summed E-state index contributed by atoms with van der Waals surface area (Å²) >= 11 is 0. The monoisotopic (exact) mass is 311 g/mol. The number of nitrogens with zero attached hydrogens (tertiary/aromatic N) is 1. The Bertz CT molecular complexity index is 706. The van der Waals surface area contributed by atoms with E-state index in [2.05, 4.69) is 17.0 Å². The van der Waals surface area contributed by atoms with Gasteiger partial charge in [0, 0.05) is 6.07 Å². The van der Waals surface area contributed by atoms with E-state index in [9.17, 15) is 9.59 Å². The van der Waals surface area contributed by atoms with Crippen LogP contribution in [0.15, 0.2) is 36.4 Å². The molecule has 1 aromatic carbocycles. The van der Waals surface area contributed by atoms with Gasteiger partial charge >= 0.3 is 0 Å². The third-order valence-corrected chi connectivity index (χ3v) is 5.92. The minimum atomic E-state index is -0.173. The van der Waals surface area contributed by atoms with Crippen LogP contribution in [-0.2, 0) is 14.5 Å². The highest BCUT2D eigenvalue weighted by atomic mass is 17.2. The van der Waals surface area contributed by atoms with Crippen LogP contribution in [0.3, 0.4) is 0 Å². The van der Waals surface area contributed by atoms with E-state index in [1.54, 1.807) is 24.3 Å². The highest BCUT2D eigenvalue weighted by Gasteiger charge is 2.67. The minimum absolute atomic E-state index is 0.0562. The molecule has 6 rings (SSSR count). The van der Waals surface area contributed by atoms with Gasteiger partial charge in [-0.2, -0.15) is 4.89 Å². The molecule has 118 valence electrons. The Morgan fingerprint density at radius 1 is 1.04 bits per heavy atom. The number of amides is 2. The molecule has 4 aliphatic carbocycles. The Hall–Kier alpha value is -2.14. The Morgan fingerprint density at radius 2 is 1.70 bits per heavy atom. The number of benzene rings is 1. The Kier molecular flexibility index (Phi) is 2.57. The van der Waals surface area contributed by atoms with E-state index in [0.29, 0.717) is 23.3 Å². The first-order valence-electron chi connectivity index (χ1n) is 8.07. The molecule has 2 saturated carbocycles. The molecule has 23 heavy (non-hydrogen) atoms. The maximum Gasteiger partial charge on any atom is 0.238 e. The summed E-state index contributed by atoms with van der Waals surface area (Å²) in [5.74, 6) is 1.74. The lowest BCUT2D eigenvalue weighted by molar-refractivity contribution is -0.178. The fourth-order valence-corrected chi connectivity index (χ4v) is 4.98. The zero-order chi connectivity index (χ0) is 15.7. The van der Waals surface area contributed by atoms with E-state index < -0.39 is 0 Å². The molecule has 5 aliphatic rings. The molecule has 0 N–H and O–H groups in total. The van der Waals surface area contributed by atoms with Crippen LogP contribution in [-0.4, -0.2) is 18.9 Å². The SMILES string of the molecule is COOc1cccc(N2C(=O)C3C(C2=O)[C@@H]2C=CC3[C@H]3CC23)c1. The molecule has 5 nitrogen and oxygen atoms in total. The van der Waals surface area contributed by atoms with Crippen LogP contribution in [0.5, 0.6) is 5.75 Å². The quantitative estimate of drug-likeness (QED) is 0.372. The summed E-state index contributed by atoms with van der Waals surface area (Å²) in [6, 6.07) is 6.93. The largest absolute Gasteiger partial charge is 0.338 e. The smallest absolute Gasteiger partial charge is 0.238 e. The fourth-order valence-electron chi connectivity index (χ4n) is 4.98. The van der Waals surface area contributed by atoms with Gasteiger partial charge in [-0.15, -0.1) is 0 Å². The van der Waals surface area contributed by atoms with Crippen LogP contribution >= 0.6 is 0 Å². The molecule has 4 unspecified atom stereocenters. The lowest BCUT2D eigenvalue weighted by Gasteiger charge is -2.37. The molecule has 6 atom stereocenters. The number of anilines is 1. The van der Waals surface area contributed by atoms with Crippen molar-refractivity contribution in [2.45, 2.75) is 6.42 Å². The molecule has 1 aliphatic heterocycles. The van der Waals surface area contributed by atoms with Gasteiger partial charge in [0.25, 0.3) is 0 Å². The zero-order valence-corrected chi connectivity index (χ0v) is 12.7. The van der Waals surface area contributed by atoms with E-state index in [1.165, 1.54) is 18.4 Å². The maximum atomic E-state index is 13.0. The molecular formula is C18H17NO4. The molecule has 2 bridgehead atoms. The van der Waals surface area contributed by atoms with Crippen LogP contribution in [0.4, 0.5) is 5.69 Å². The molecule has 1 saturated heterocycles. The third-order valence-electron chi connectivity index (χ3n) is 5.92. The molecule has 1 aromatic rings. The summed E-state index contributed by atoms with van der Waals surface area (Å²) in [6.45, 7) is 0. The molecule has 0 radical (unpaired) electrons. The second-order valence-corrected chi connectivity index (χ2v) is 6.91. The highest BCUT2D eigenvalue weighted by molar-refractivity contribution is 6.22. The van der Waals surface area contributed by atoms with Gasteiger partial charge in [0.15, 0.2) is 5.75 Å². The highest BCUT2D eigenvalue weighted by Crippen LogP contribution is 2.65. The lowest BCUT2D eigenvalue weighted by Crippen LogP contribution is -2.40. The van der Waals surface area contributed by atoms with Crippen LogP contribution in [0.1, 0.15) is 6.42 Å². The van der Waals surface area contributed by atoms with Crippen molar-refractivity contribution in [1.82, 2.24) is 0 Å². The Morgan fingerprint density at radius 3 is 2.30 bits per heavy atom. The van der Waals surface area contributed by atoms with Crippen molar-refractivity contribution in [2.75, 3.05) is 12.0 Å². The topological polar surface area (TPSA) is 55.8 Å². The van der Waals surface area contributed by atoms with Gasteiger partial charge in [0.1, 0.15) is 0 Å². The van der Waals surface area contributed by atoms with Gasteiger partial charge in [0.05, 0.1) is 24.6 Å². The Balaban J connectivity index is 1.53. The van der Waals surface area contributed by atoms with Crippen LogP contribution in [0.25, 0.3) is 0 Å². The number of hydrogen-bond acceptors (Lipinski definition) is 4. The number of allylic oxidation sites excluding steroid dienone is 2. The number of imide groups is 1. The zero-order valence-electron chi connectivity index (χ0n) is 12.7. The normalized spacial score (nSPS) is 39.4. The molecule has 5 heteroatoms. The van der Waals surface area contributed by atoms with Crippen molar-refractivity contribution in [3.63, 3.8) is 0 Å². The molecule has 0 spiro atoms. The van der Waals surface area contributed by atoms with Crippen LogP contribution in [0, 0.1) is 35.5 Å². The van der Waals surface area contributed by atoms with E-state index in [-0.39, 0.29) is 35.5 Å². The molecule has 0 aromatic heterocycles. The summed E-state index contributed by atoms with van der Waals surface area (Å²) in [6.07, 6.45) is 5.53. The van der Waals surface area contributed by atoms with Crippen molar-refractivity contribution in [3.8, 4) is 5.75 Å². The second-order valence-electron chi connectivity index (χ2n) is 6.91. The predicted octanol–water partition coefficient (Wildman–Crippen LogP) is 2.18. The first kappa shape index (κ1) is 13.3. The molecule has 1 heterocycles. The summed E-state index contributed by atoms with van der Waals surface area (Å²) in [4.78, 5) is 37.0. The summed E-state index contributed by atoms with van der Waals surface area (Å²) in [5, 5.41) is 0. The number of hydrogen-bond donors (Lipinski definition) is 0. The summed E-state index contributed by atoms with van der Waals surface area (Å²) < 4.78 is 0. The van der Waals surface area contributed by atoms with Crippen molar-refractivity contribution in [3.05, 3.63) is 36.4 Å². The number of rotatable bonds is 3. The molecule has 3 fully saturated rings. The Labute approximate surface area is 133 Å². The van der Waals surface area contributed by atoms with Crippen molar-refractivity contribution in [1.29, 1.82) is 0 Å². The van der Waals surface area contributed by atoms with Gasteiger partial charge < -0.3 is 4.89 Å². The number of carbonyl (C=O) groups excluding carboxylic acids is 2. The average molecular weight is 311 g/mol. The lowest BCUT2D eigenvalue weighted by atomic mass is 9.63. The van der Waals surface area contributed by atoms with E-state index in [1.807, 2.05) is 0 Å². The summed E-state index contributed by atoms with van der Waals surface area (Å²) in [5.41, 5.74) is 0.567. The van der Waals surface area contributed by atoms with Crippen LogP contribution < -0.4 is 9.79 Å². The van der Waals surface area contributed by atoms with E-state index >= 15 is 0 Å². The second kappa shape index (κ2) is 4.45. The van der Waals surface area contributed by atoms with Gasteiger partial charge in [-0.05, 0) is 42.2 Å². The van der Waals surface area contributed by atoms with E-state index in [0.717, 1.165) is 0 Å². The number of carbonyl (C=O) groups is 2. The van der Waals surface area contributed by atoms with Crippen molar-refractivity contribution in [2.24, 2.45) is 35.5 Å². The summed E-state index contributed by atoms with van der Waals surface area (Å²) in [7, 11) is 1.42. The van der Waals surface area contributed by atoms with Gasteiger partial charge in [-0.1, -0.05) is 18.2 Å². The molecular weight excluding hydrogens is 294 g/mol. The van der Waals surface area contributed by atoms with Crippen molar-refractivity contribution < 1.29 is 19.4 Å². The standard InChI is InChI=1S/C18H17NO4/c1-22-23-10-4-2-3-9(7-10)19-17(20)15-11-5-6-12(14-8-13(11)14)16(15)18(19)21/h2-7,11-16H,8H2,1H3/t11-,12?,13?,14-,15?,16?/m1/s1. The van der Waals surface area contributed by atoms with Gasteiger partial charge in [-0.25, -0.2) is 4.90 Å². The van der Waals surface area contributed by atoms with E-state index in [4.69, 9.17) is 4.89 Å². The third kappa shape index (κ3) is 1.66. The average Bonchev–Trinajstić information content (AvgIpc) is 3.33. The van der Waals surface area contributed by atoms with Crippen molar-refractivity contribution >= 4 is 17.5 Å². The van der Waals surface area contributed by atoms with Crippen LogP contribution in [0.2, 0.25) is 0 Å². The first-order chi connectivity index (χ1) is 11.2. The van der Waals surface area contributed by atoms with Gasteiger partial charge in [0.2, 0.25) is 11.8 Å². The maximum absolute atomic E-state index is 13.0. The predicted molar refractivity (Wildman–Crippen MR) is 81.3 cm³/mol.